The van der Waals surface area contributed by atoms with Crippen molar-refractivity contribution in [2.45, 2.75) is 52.1 Å². The summed E-state index contributed by atoms with van der Waals surface area (Å²) >= 11 is 1.74. The molecule has 1 aromatic heterocycles. The Morgan fingerprint density at radius 3 is 2.59 bits per heavy atom. The molecule has 0 aliphatic rings. The maximum atomic E-state index is 11.9. The van der Waals surface area contributed by atoms with Gasteiger partial charge in [-0.25, -0.2) is 0 Å². The van der Waals surface area contributed by atoms with Crippen LogP contribution in [-0.2, 0) is 17.8 Å². The van der Waals surface area contributed by atoms with Gasteiger partial charge in [-0.2, -0.15) is 0 Å². The van der Waals surface area contributed by atoms with Crippen LogP contribution in [0, 0.1) is 0 Å². The van der Waals surface area contributed by atoms with Crippen LogP contribution in [0.5, 0.6) is 0 Å². The zero-order valence-corrected chi connectivity index (χ0v) is 11.7. The summed E-state index contributed by atoms with van der Waals surface area (Å²) in [5.41, 5.74) is 5.21. The molecular formula is C13H22N2OS. The van der Waals surface area contributed by atoms with Crippen molar-refractivity contribution < 1.29 is 4.79 Å². The number of hydrogen-bond donors (Lipinski definition) is 2. The fourth-order valence-corrected chi connectivity index (χ4v) is 2.61. The monoisotopic (exact) mass is 254 g/mol. The molecule has 1 rings (SSSR count). The Hall–Kier alpha value is -0.870. The molecule has 1 aromatic rings. The van der Waals surface area contributed by atoms with Crippen LogP contribution in [0.15, 0.2) is 12.1 Å². The van der Waals surface area contributed by atoms with Gasteiger partial charge in [0.25, 0.3) is 0 Å². The third-order valence-corrected chi connectivity index (χ3v) is 4.01. The van der Waals surface area contributed by atoms with Gasteiger partial charge in [-0.05, 0) is 31.9 Å². The van der Waals surface area contributed by atoms with Gasteiger partial charge in [-0.1, -0.05) is 20.3 Å². The standard InChI is InChI=1S/C13H22N2OS/c1-4-8-13(3,14)12(16)15-9-11-7-6-10(5-2)17-11/h6-7H,4-5,8-9,14H2,1-3H3,(H,15,16). The molecule has 96 valence electrons. The van der Waals surface area contributed by atoms with E-state index in [1.807, 2.05) is 6.92 Å². The lowest BCUT2D eigenvalue weighted by atomic mass is 9.96. The quantitative estimate of drug-likeness (QED) is 0.819. The Bertz CT molecular complexity index is 371. The van der Waals surface area contributed by atoms with Gasteiger partial charge in [0.05, 0.1) is 12.1 Å². The number of carbonyl (C=O) groups excluding carboxylic acids is 1. The number of amides is 1. The molecule has 17 heavy (non-hydrogen) atoms. The molecule has 1 heterocycles. The van der Waals surface area contributed by atoms with E-state index in [-0.39, 0.29) is 5.91 Å². The molecule has 0 aliphatic heterocycles. The average Bonchev–Trinajstić information content (AvgIpc) is 2.73. The molecule has 3 nitrogen and oxygen atoms in total. The van der Waals surface area contributed by atoms with Crippen LogP contribution >= 0.6 is 11.3 Å². The second-order valence-electron chi connectivity index (χ2n) is 4.57. The molecule has 0 aliphatic carbocycles. The van der Waals surface area contributed by atoms with Crippen LogP contribution in [0.1, 0.15) is 43.4 Å². The SMILES string of the molecule is CCCC(C)(N)C(=O)NCc1ccc(CC)s1. The summed E-state index contributed by atoms with van der Waals surface area (Å²) in [5.74, 6) is -0.0641. The highest BCUT2D eigenvalue weighted by atomic mass is 32.1. The van der Waals surface area contributed by atoms with Crippen molar-refractivity contribution >= 4 is 17.2 Å². The number of carbonyl (C=O) groups is 1. The van der Waals surface area contributed by atoms with E-state index in [0.717, 1.165) is 12.8 Å². The molecule has 3 N–H and O–H groups in total. The van der Waals surface area contributed by atoms with Crippen molar-refractivity contribution in [3.63, 3.8) is 0 Å². The van der Waals surface area contributed by atoms with E-state index in [0.29, 0.717) is 13.0 Å². The van der Waals surface area contributed by atoms with Gasteiger partial charge in [0.2, 0.25) is 5.91 Å². The lowest BCUT2D eigenvalue weighted by Crippen LogP contribution is -2.51. The Balaban J connectivity index is 2.47. The number of hydrogen-bond acceptors (Lipinski definition) is 3. The van der Waals surface area contributed by atoms with Crippen molar-refractivity contribution in [2.75, 3.05) is 0 Å². The molecule has 0 aromatic carbocycles. The fraction of sp³-hybridized carbons (Fsp3) is 0.615. The number of nitrogens with two attached hydrogens (primary N) is 1. The molecule has 0 radical (unpaired) electrons. The first-order chi connectivity index (χ1) is 7.99. The first kappa shape index (κ1) is 14.2. The van der Waals surface area contributed by atoms with Crippen LogP contribution in [-0.4, -0.2) is 11.4 Å². The van der Waals surface area contributed by atoms with Gasteiger partial charge >= 0.3 is 0 Å². The normalized spacial score (nSPS) is 14.4. The molecule has 1 unspecified atom stereocenters. The van der Waals surface area contributed by atoms with E-state index in [1.165, 1.54) is 9.75 Å². The van der Waals surface area contributed by atoms with Gasteiger partial charge in [0.1, 0.15) is 0 Å². The lowest BCUT2D eigenvalue weighted by molar-refractivity contribution is -0.126. The third-order valence-electron chi connectivity index (χ3n) is 2.78. The second-order valence-corrected chi connectivity index (χ2v) is 5.82. The first-order valence-electron chi connectivity index (χ1n) is 6.14. The molecule has 1 atom stereocenters. The predicted octanol–water partition coefficient (Wildman–Crippen LogP) is 2.44. The molecule has 1 amide bonds. The zero-order chi connectivity index (χ0) is 12.9. The summed E-state index contributed by atoms with van der Waals surface area (Å²) in [7, 11) is 0. The summed E-state index contributed by atoms with van der Waals surface area (Å²) in [4.78, 5) is 14.4. The summed E-state index contributed by atoms with van der Waals surface area (Å²) in [6.07, 6.45) is 2.67. The van der Waals surface area contributed by atoms with Crippen molar-refractivity contribution in [3.8, 4) is 0 Å². The minimum absolute atomic E-state index is 0.0641. The highest BCUT2D eigenvalue weighted by Gasteiger charge is 2.26. The van der Waals surface area contributed by atoms with Crippen molar-refractivity contribution in [3.05, 3.63) is 21.9 Å². The van der Waals surface area contributed by atoms with E-state index in [9.17, 15) is 4.79 Å². The molecule has 0 saturated carbocycles. The van der Waals surface area contributed by atoms with Gasteiger partial charge in [0.15, 0.2) is 0 Å². The largest absolute Gasteiger partial charge is 0.350 e. The lowest BCUT2D eigenvalue weighted by Gasteiger charge is -2.22. The molecule has 0 bridgehead atoms. The predicted molar refractivity (Wildman–Crippen MR) is 73.0 cm³/mol. The highest BCUT2D eigenvalue weighted by Crippen LogP contribution is 2.17. The highest BCUT2D eigenvalue weighted by molar-refractivity contribution is 7.11. The number of rotatable bonds is 6. The van der Waals surface area contributed by atoms with Crippen molar-refractivity contribution in [1.29, 1.82) is 0 Å². The van der Waals surface area contributed by atoms with Crippen LogP contribution in [0.2, 0.25) is 0 Å². The smallest absolute Gasteiger partial charge is 0.240 e. The molecule has 4 heteroatoms. The molecule has 0 saturated heterocycles. The van der Waals surface area contributed by atoms with Crippen LogP contribution in [0.4, 0.5) is 0 Å². The Morgan fingerprint density at radius 2 is 2.06 bits per heavy atom. The number of aryl methyl sites for hydroxylation is 1. The van der Waals surface area contributed by atoms with Gasteiger partial charge < -0.3 is 11.1 Å². The second kappa shape index (κ2) is 6.17. The van der Waals surface area contributed by atoms with Gasteiger partial charge in [0, 0.05) is 9.75 Å². The van der Waals surface area contributed by atoms with E-state index in [2.05, 4.69) is 24.4 Å². The van der Waals surface area contributed by atoms with E-state index in [4.69, 9.17) is 5.73 Å². The third kappa shape index (κ3) is 4.13. The minimum atomic E-state index is -0.750. The summed E-state index contributed by atoms with van der Waals surface area (Å²) in [5, 5.41) is 2.91. The summed E-state index contributed by atoms with van der Waals surface area (Å²) in [6.45, 7) is 6.54. The van der Waals surface area contributed by atoms with Gasteiger partial charge in [-0.3, -0.25) is 4.79 Å². The Kier molecular flexibility index (Phi) is 5.15. The van der Waals surface area contributed by atoms with Crippen LogP contribution in [0.25, 0.3) is 0 Å². The maximum absolute atomic E-state index is 11.9. The maximum Gasteiger partial charge on any atom is 0.240 e. The van der Waals surface area contributed by atoms with E-state index >= 15 is 0 Å². The van der Waals surface area contributed by atoms with Crippen LogP contribution in [0.3, 0.4) is 0 Å². The first-order valence-corrected chi connectivity index (χ1v) is 6.96. The van der Waals surface area contributed by atoms with E-state index < -0.39 is 5.54 Å². The molecular weight excluding hydrogens is 232 g/mol. The average molecular weight is 254 g/mol. The van der Waals surface area contributed by atoms with Crippen molar-refractivity contribution in [1.82, 2.24) is 5.32 Å². The molecule has 0 spiro atoms. The Labute approximate surface area is 107 Å². The molecule has 0 fully saturated rings. The topological polar surface area (TPSA) is 55.1 Å². The Morgan fingerprint density at radius 1 is 1.41 bits per heavy atom. The van der Waals surface area contributed by atoms with Crippen LogP contribution < -0.4 is 11.1 Å². The van der Waals surface area contributed by atoms with Crippen molar-refractivity contribution in [2.24, 2.45) is 5.73 Å². The summed E-state index contributed by atoms with van der Waals surface area (Å²) < 4.78 is 0. The minimum Gasteiger partial charge on any atom is -0.350 e. The fourth-order valence-electron chi connectivity index (χ4n) is 1.71. The zero-order valence-electron chi connectivity index (χ0n) is 10.9. The van der Waals surface area contributed by atoms with E-state index in [1.54, 1.807) is 18.3 Å². The van der Waals surface area contributed by atoms with Gasteiger partial charge in [-0.15, -0.1) is 11.3 Å². The number of thiophene rings is 1. The number of nitrogens with one attached hydrogen (secondary N) is 1. The summed E-state index contributed by atoms with van der Waals surface area (Å²) in [6, 6.07) is 4.18.